The van der Waals surface area contributed by atoms with Gasteiger partial charge in [0.05, 0.1) is 12.2 Å². The molecule has 0 saturated carbocycles. The number of carbonyl (C=O) groups excluding carboxylic acids is 2. The topological polar surface area (TPSA) is 67.4 Å². The summed E-state index contributed by atoms with van der Waals surface area (Å²) in [6.07, 6.45) is 10.0. The van der Waals surface area contributed by atoms with Gasteiger partial charge in [-0.05, 0) is 56.8 Å². The van der Waals surface area contributed by atoms with Crippen molar-refractivity contribution in [2.45, 2.75) is 78.1 Å². The highest BCUT2D eigenvalue weighted by atomic mass is 32.1. The van der Waals surface area contributed by atoms with Crippen molar-refractivity contribution in [3.05, 3.63) is 16.0 Å². The van der Waals surface area contributed by atoms with E-state index >= 15 is 0 Å². The Hall–Kier alpha value is -1.47. The largest absolute Gasteiger partial charge is 0.462 e. The normalized spacial score (nSPS) is 13.0. The van der Waals surface area contributed by atoms with E-state index in [0.717, 1.165) is 50.5 Å². The number of carbonyl (C=O) groups is 2. The lowest BCUT2D eigenvalue weighted by molar-refractivity contribution is -0.119. The molecule has 1 aliphatic rings. The molecule has 0 fully saturated rings. The van der Waals surface area contributed by atoms with Crippen molar-refractivity contribution in [2.75, 3.05) is 11.9 Å². The van der Waals surface area contributed by atoms with Crippen molar-refractivity contribution >= 4 is 45.5 Å². The number of rotatable bonds is 9. The van der Waals surface area contributed by atoms with Gasteiger partial charge in [-0.15, -0.1) is 11.3 Å². The molecule has 0 radical (unpaired) electrons. The van der Waals surface area contributed by atoms with Crippen LogP contribution < -0.4 is 10.6 Å². The maximum atomic E-state index is 12.4. The minimum atomic E-state index is -0.315. The first kappa shape index (κ1) is 21.8. The van der Waals surface area contributed by atoms with Gasteiger partial charge in [0.2, 0.25) is 5.91 Å². The molecule has 5 nitrogen and oxygen atoms in total. The fourth-order valence-corrected chi connectivity index (χ4v) is 4.85. The van der Waals surface area contributed by atoms with Gasteiger partial charge in [0.1, 0.15) is 5.00 Å². The molecule has 27 heavy (non-hydrogen) atoms. The van der Waals surface area contributed by atoms with Gasteiger partial charge in [-0.2, -0.15) is 0 Å². The quantitative estimate of drug-likeness (QED) is 0.341. The molecular weight excluding hydrogens is 380 g/mol. The Kier molecular flexibility index (Phi) is 9.21. The molecule has 1 aromatic rings. The second kappa shape index (κ2) is 11.4. The van der Waals surface area contributed by atoms with Crippen LogP contribution in [0.25, 0.3) is 0 Å². The summed E-state index contributed by atoms with van der Waals surface area (Å²) >= 11 is 6.84. The predicted molar refractivity (Wildman–Crippen MR) is 115 cm³/mol. The van der Waals surface area contributed by atoms with Crippen molar-refractivity contribution in [1.82, 2.24) is 5.32 Å². The maximum absolute atomic E-state index is 12.4. The van der Waals surface area contributed by atoms with E-state index in [1.165, 1.54) is 17.7 Å². The minimum absolute atomic E-state index is 0.0806. The number of amides is 1. The van der Waals surface area contributed by atoms with E-state index in [0.29, 0.717) is 23.6 Å². The Morgan fingerprint density at radius 1 is 1.11 bits per heavy atom. The predicted octanol–water partition coefficient (Wildman–Crippen LogP) is 4.98. The average molecular weight is 411 g/mol. The molecule has 1 heterocycles. The fraction of sp³-hybridized carbons (Fsp3) is 0.650. The Labute approximate surface area is 171 Å². The molecule has 0 atom stereocenters. The molecule has 0 aromatic carbocycles. The summed E-state index contributed by atoms with van der Waals surface area (Å²) in [5.74, 6) is -0.396. The van der Waals surface area contributed by atoms with Crippen LogP contribution >= 0.6 is 23.6 Å². The molecule has 0 saturated heterocycles. The number of hydrogen-bond acceptors (Lipinski definition) is 5. The third-order valence-electron chi connectivity index (χ3n) is 4.64. The van der Waals surface area contributed by atoms with Gasteiger partial charge >= 0.3 is 5.97 Å². The Morgan fingerprint density at radius 3 is 2.59 bits per heavy atom. The lowest BCUT2D eigenvalue weighted by atomic mass is 9.95. The summed E-state index contributed by atoms with van der Waals surface area (Å²) < 4.78 is 5.24. The summed E-state index contributed by atoms with van der Waals surface area (Å²) in [6.45, 7) is 4.31. The van der Waals surface area contributed by atoms with Crippen LogP contribution in [0.1, 0.15) is 86.0 Å². The third kappa shape index (κ3) is 6.57. The van der Waals surface area contributed by atoms with Crippen LogP contribution in [-0.4, -0.2) is 23.6 Å². The van der Waals surface area contributed by atoms with E-state index in [1.807, 2.05) is 0 Å². The molecule has 1 aromatic heterocycles. The number of hydrogen-bond donors (Lipinski definition) is 2. The lowest BCUT2D eigenvalue weighted by Crippen LogP contribution is -2.34. The summed E-state index contributed by atoms with van der Waals surface area (Å²) in [6, 6.07) is 0. The van der Waals surface area contributed by atoms with Gasteiger partial charge in [-0.25, -0.2) is 4.79 Å². The molecule has 0 aliphatic heterocycles. The number of aryl methyl sites for hydroxylation is 1. The molecule has 2 rings (SSSR count). The van der Waals surface area contributed by atoms with Crippen molar-refractivity contribution < 1.29 is 14.3 Å². The number of unbranched alkanes of at least 4 members (excludes halogenated alkanes) is 4. The van der Waals surface area contributed by atoms with E-state index in [9.17, 15) is 9.59 Å². The average Bonchev–Trinajstić information content (AvgIpc) is 2.99. The molecule has 0 unspecified atom stereocenters. The van der Waals surface area contributed by atoms with Crippen LogP contribution in [0.3, 0.4) is 0 Å². The third-order valence-corrected chi connectivity index (χ3v) is 6.05. The van der Waals surface area contributed by atoms with E-state index in [-0.39, 0.29) is 17.0 Å². The van der Waals surface area contributed by atoms with Gasteiger partial charge in [0, 0.05) is 11.3 Å². The second-order valence-electron chi connectivity index (χ2n) is 6.80. The molecule has 1 amide bonds. The standard InChI is InChI=1S/C20H30N2O3S2/c1-3-5-6-7-8-13-16(23)21-20(26)22-18-17(19(24)25-4-2)14-11-9-10-12-15(14)27-18/h3-13H2,1-2H3,(H2,21,22,23,26). The summed E-state index contributed by atoms with van der Waals surface area (Å²) in [7, 11) is 0. The number of esters is 1. The van der Waals surface area contributed by atoms with Crippen molar-refractivity contribution in [3.8, 4) is 0 Å². The highest BCUT2D eigenvalue weighted by molar-refractivity contribution is 7.80. The van der Waals surface area contributed by atoms with Gasteiger partial charge in [0.25, 0.3) is 0 Å². The number of thiocarbonyl (C=S) groups is 1. The Balaban J connectivity index is 1.95. The Morgan fingerprint density at radius 2 is 1.85 bits per heavy atom. The van der Waals surface area contributed by atoms with Gasteiger partial charge in [-0.1, -0.05) is 32.6 Å². The highest BCUT2D eigenvalue weighted by Gasteiger charge is 2.26. The molecule has 2 N–H and O–H groups in total. The van der Waals surface area contributed by atoms with Gasteiger partial charge in [-0.3, -0.25) is 4.79 Å². The van der Waals surface area contributed by atoms with Crippen LogP contribution in [0.4, 0.5) is 5.00 Å². The van der Waals surface area contributed by atoms with Crippen molar-refractivity contribution in [2.24, 2.45) is 0 Å². The summed E-state index contributed by atoms with van der Waals surface area (Å²) in [4.78, 5) is 25.7. The van der Waals surface area contributed by atoms with E-state index < -0.39 is 0 Å². The van der Waals surface area contributed by atoms with Crippen molar-refractivity contribution in [3.63, 3.8) is 0 Å². The molecule has 1 aliphatic carbocycles. The molecule has 0 spiro atoms. The van der Waals surface area contributed by atoms with Gasteiger partial charge < -0.3 is 15.4 Å². The number of nitrogens with one attached hydrogen (secondary N) is 2. The second-order valence-corrected chi connectivity index (χ2v) is 8.32. The zero-order chi connectivity index (χ0) is 19.6. The summed E-state index contributed by atoms with van der Waals surface area (Å²) in [5.41, 5.74) is 1.67. The van der Waals surface area contributed by atoms with E-state index in [1.54, 1.807) is 18.3 Å². The van der Waals surface area contributed by atoms with Crippen LogP contribution in [0.5, 0.6) is 0 Å². The van der Waals surface area contributed by atoms with Gasteiger partial charge in [0.15, 0.2) is 5.11 Å². The Bertz CT molecular complexity index is 670. The SMILES string of the molecule is CCCCCCCC(=O)NC(=S)Nc1sc2c(c1C(=O)OCC)CCCC2. The fourth-order valence-electron chi connectivity index (χ4n) is 3.29. The minimum Gasteiger partial charge on any atom is -0.462 e. The van der Waals surface area contributed by atoms with Crippen LogP contribution in [0.2, 0.25) is 0 Å². The van der Waals surface area contributed by atoms with Crippen LogP contribution in [0, 0.1) is 0 Å². The van der Waals surface area contributed by atoms with E-state index in [2.05, 4.69) is 17.6 Å². The monoisotopic (exact) mass is 410 g/mol. The molecule has 150 valence electrons. The molecule has 0 bridgehead atoms. The van der Waals surface area contributed by atoms with Crippen molar-refractivity contribution in [1.29, 1.82) is 0 Å². The van der Waals surface area contributed by atoms with Crippen LogP contribution in [-0.2, 0) is 22.4 Å². The first-order valence-corrected chi connectivity index (χ1v) is 11.2. The first-order chi connectivity index (χ1) is 13.1. The zero-order valence-corrected chi connectivity index (χ0v) is 18.0. The van der Waals surface area contributed by atoms with Crippen LogP contribution in [0.15, 0.2) is 0 Å². The lowest BCUT2D eigenvalue weighted by Gasteiger charge is -2.13. The zero-order valence-electron chi connectivity index (χ0n) is 16.3. The smallest absolute Gasteiger partial charge is 0.341 e. The first-order valence-electron chi connectivity index (χ1n) is 9.99. The molecule has 7 heteroatoms. The molecular formula is C20H30N2O3S2. The number of fused-ring (bicyclic) bond motifs is 1. The maximum Gasteiger partial charge on any atom is 0.341 e. The van der Waals surface area contributed by atoms with E-state index in [4.69, 9.17) is 17.0 Å². The highest BCUT2D eigenvalue weighted by Crippen LogP contribution is 2.38. The number of anilines is 1. The summed E-state index contributed by atoms with van der Waals surface area (Å²) in [5, 5.41) is 6.74. The number of thiophene rings is 1. The number of ether oxygens (including phenoxy) is 1.